The van der Waals surface area contributed by atoms with Crippen LogP contribution in [0.2, 0.25) is 0 Å². The molecule has 2 aromatic carbocycles. The summed E-state index contributed by atoms with van der Waals surface area (Å²) < 4.78 is 16.9. The van der Waals surface area contributed by atoms with Crippen molar-refractivity contribution in [2.75, 3.05) is 12.3 Å². The minimum Gasteiger partial charge on any atom is -0.388 e. The average molecular weight is 444 g/mol. The molecule has 4 rings (SSSR count). The SMILES string of the molecule is Cc1ccc(-c2ccn3nc(N)nc3c2)c(F)c1C(=O)NCC[C@H](O)c1ccc(C#N)cc1. The van der Waals surface area contributed by atoms with Crippen molar-refractivity contribution < 1.29 is 14.3 Å². The molecule has 0 unspecified atom stereocenters. The molecule has 0 saturated heterocycles. The van der Waals surface area contributed by atoms with E-state index in [0.29, 0.717) is 27.9 Å². The van der Waals surface area contributed by atoms with Crippen molar-refractivity contribution in [1.29, 1.82) is 5.26 Å². The van der Waals surface area contributed by atoms with Gasteiger partial charge in [-0.2, -0.15) is 10.2 Å². The summed E-state index contributed by atoms with van der Waals surface area (Å²) in [6, 6.07) is 15.2. The van der Waals surface area contributed by atoms with E-state index >= 15 is 4.39 Å². The maximum absolute atomic E-state index is 15.4. The van der Waals surface area contributed by atoms with Crippen molar-refractivity contribution >= 4 is 17.5 Å². The van der Waals surface area contributed by atoms with Crippen LogP contribution >= 0.6 is 0 Å². The molecule has 8 nitrogen and oxygen atoms in total. The van der Waals surface area contributed by atoms with Gasteiger partial charge < -0.3 is 16.2 Å². The molecule has 33 heavy (non-hydrogen) atoms. The predicted octanol–water partition coefficient (Wildman–Crippen LogP) is 3.15. The number of nitrogens with zero attached hydrogens (tertiary/aromatic N) is 4. The lowest BCUT2D eigenvalue weighted by atomic mass is 9.98. The van der Waals surface area contributed by atoms with Crippen molar-refractivity contribution in [1.82, 2.24) is 19.9 Å². The van der Waals surface area contributed by atoms with Crippen LogP contribution in [-0.2, 0) is 0 Å². The fourth-order valence-electron chi connectivity index (χ4n) is 3.60. The molecule has 0 spiro atoms. The van der Waals surface area contributed by atoms with E-state index in [0.717, 1.165) is 0 Å². The summed E-state index contributed by atoms with van der Waals surface area (Å²) in [5.41, 5.74) is 8.45. The Labute approximate surface area is 189 Å². The first-order chi connectivity index (χ1) is 15.9. The highest BCUT2D eigenvalue weighted by Gasteiger charge is 2.20. The van der Waals surface area contributed by atoms with Gasteiger partial charge in [0.2, 0.25) is 5.95 Å². The molecule has 0 aliphatic heterocycles. The Balaban J connectivity index is 1.49. The van der Waals surface area contributed by atoms with Crippen LogP contribution < -0.4 is 11.1 Å². The highest BCUT2D eigenvalue weighted by molar-refractivity contribution is 5.97. The van der Waals surface area contributed by atoms with E-state index in [-0.39, 0.29) is 30.0 Å². The Morgan fingerprint density at radius 2 is 2.03 bits per heavy atom. The first-order valence-electron chi connectivity index (χ1n) is 10.2. The number of pyridine rings is 1. The van der Waals surface area contributed by atoms with Gasteiger partial charge in [0, 0.05) is 18.3 Å². The van der Waals surface area contributed by atoms with Gasteiger partial charge in [-0.05, 0) is 54.3 Å². The van der Waals surface area contributed by atoms with E-state index in [9.17, 15) is 9.90 Å². The number of nitriles is 1. The fraction of sp³-hybridized carbons (Fsp3) is 0.167. The molecule has 0 aliphatic rings. The number of fused-ring (bicyclic) bond motifs is 1. The summed E-state index contributed by atoms with van der Waals surface area (Å²) in [7, 11) is 0. The standard InChI is InChI=1S/C24H21FN6O2/c1-14-2-7-18(17-9-11-31-20(12-17)29-24(27)30-31)22(25)21(14)23(33)28-10-8-19(32)16-5-3-15(13-26)4-6-16/h2-7,9,11-12,19,32H,8,10H2,1H3,(H2,27,30)(H,28,33)/t19-/m0/s1. The topological polar surface area (TPSA) is 129 Å². The third-order valence-corrected chi connectivity index (χ3v) is 5.37. The molecule has 1 amide bonds. The van der Waals surface area contributed by atoms with E-state index in [1.807, 2.05) is 6.07 Å². The maximum Gasteiger partial charge on any atom is 0.254 e. The van der Waals surface area contributed by atoms with Gasteiger partial charge >= 0.3 is 0 Å². The number of nitrogens with two attached hydrogens (primary N) is 1. The van der Waals surface area contributed by atoms with Crippen molar-refractivity contribution in [3.63, 3.8) is 0 Å². The van der Waals surface area contributed by atoms with Crippen LogP contribution in [0.1, 0.15) is 39.6 Å². The van der Waals surface area contributed by atoms with Gasteiger partial charge in [-0.1, -0.05) is 24.3 Å². The smallest absolute Gasteiger partial charge is 0.254 e. The molecule has 0 radical (unpaired) electrons. The Bertz CT molecular complexity index is 1370. The number of nitrogens with one attached hydrogen (secondary N) is 1. The zero-order valence-corrected chi connectivity index (χ0v) is 17.8. The van der Waals surface area contributed by atoms with Crippen molar-refractivity contribution in [3.05, 3.63) is 82.8 Å². The second-order valence-corrected chi connectivity index (χ2v) is 7.60. The molecule has 1 atom stereocenters. The Hall–Kier alpha value is -4.29. The van der Waals surface area contributed by atoms with Crippen molar-refractivity contribution in [3.8, 4) is 17.2 Å². The number of carbonyl (C=O) groups excluding carboxylic acids is 1. The summed E-state index contributed by atoms with van der Waals surface area (Å²) in [4.78, 5) is 16.9. The summed E-state index contributed by atoms with van der Waals surface area (Å²) in [5, 5.41) is 25.9. The average Bonchev–Trinajstić information content (AvgIpc) is 3.18. The Kier molecular flexibility index (Phi) is 6.02. The molecule has 9 heteroatoms. The minimum absolute atomic E-state index is 0.0544. The quantitative estimate of drug-likeness (QED) is 0.419. The van der Waals surface area contributed by atoms with Crippen LogP contribution in [-0.4, -0.2) is 32.2 Å². The lowest BCUT2D eigenvalue weighted by Crippen LogP contribution is -2.27. The second kappa shape index (κ2) is 9.06. The lowest BCUT2D eigenvalue weighted by molar-refractivity contribution is 0.0938. The van der Waals surface area contributed by atoms with E-state index in [1.165, 1.54) is 4.52 Å². The summed E-state index contributed by atoms with van der Waals surface area (Å²) in [6.45, 7) is 1.81. The van der Waals surface area contributed by atoms with E-state index in [2.05, 4.69) is 15.4 Å². The molecular formula is C24H21FN6O2. The number of benzene rings is 2. The number of aliphatic hydroxyl groups is 1. The van der Waals surface area contributed by atoms with Crippen LogP contribution in [0.3, 0.4) is 0 Å². The normalized spacial score (nSPS) is 11.8. The van der Waals surface area contributed by atoms with E-state index in [1.54, 1.807) is 61.7 Å². The summed E-state index contributed by atoms with van der Waals surface area (Å²) >= 11 is 0. The lowest BCUT2D eigenvalue weighted by Gasteiger charge is -2.14. The van der Waals surface area contributed by atoms with E-state index in [4.69, 9.17) is 11.0 Å². The molecule has 0 saturated carbocycles. The zero-order chi connectivity index (χ0) is 23.5. The zero-order valence-electron chi connectivity index (χ0n) is 17.8. The first kappa shape index (κ1) is 21.9. The molecular weight excluding hydrogens is 423 g/mol. The molecule has 0 fully saturated rings. The molecule has 2 aromatic heterocycles. The highest BCUT2D eigenvalue weighted by atomic mass is 19.1. The molecule has 0 bridgehead atoms. The van der Waals surface area contributed by atoms with Gasteiger partial charge in [-0.15, -0.1) is 5.10 Å². The monoisotopic (exact) mass is 444 g/mol. The van der Waals surface area contributed by atoms with E-state index < -0.39 is 17.8 Å². The summed E-state index contributed by atoms with van der Waals surface area (Å²) in [6.07, 6.45) is 1.04. The van der Waals surface area contributed by atoms with Gasteiger partial charge in [0.05, 0.1) is 23.3 Å². The van der Waals surface area contributed by atoms with Gasteiger partial charge in [0.25, 0.3) is 5.91 Å². The highest BCUT2D eigenvalue weighted by Crippen LogP contribution is 2.28. The third-order valence-electron chi connectivity index (χ3n) is 5.37. The Morgan fingerprint density at radius 1 is 1.27 bits per heavy atom. The molecule has 2 heterocycles. The van der Waals surface area contributed by atoms with Crippen molar-refractivity contribution in [2.24, 2.45) is 0 Å². The fourth-order valence-corrected chi connectivity index (χ4v) is 3.60. The number of hydrogen-bond donors (Lipinski definition) is 3. The number of aromatic nitrogens is 3. The van der Waals surface area contributed by atoms with Crippen LogP contribution in [0.5, 0.6) is 0 Å². The summed E-state index contributed by atoms with van der Waals surface area (Å²) in [5.74, 6) is -1.09. The number of carbonyl (C=O) groups is 1. The number of anilines is 1. The molecule has 166 valence electrons. The number of hydrogen-bond acceptors (Lipinski definition) is 6. The minimum atomic E-state index is -0.822. The van der Waals surface area contributed by atoms with Gasteiger partial charge in [0.1, 0.15) is 5.82 Å². The van der Waals surface area contributed by atoms with Crippen LogP contribution in [0, 0.1) is 24.1 Å². The number of nitrogen functional groups attached to an aromatic ring is 1. The number of aryl methyl sites for hydroxylation is 1. The Morgan fingerprint density at radius 3 is 2.76 bits per heavy atom. The number of aliphatic hydroxyl groups excluding tert-OH is 1. The van der Waals surface area contributed by atoms with Gasteiger partial charge in [0.15, 0.2) is 5.65 Å². The number of halogens is 1. The van der Waals surface area contributed by atoms with Crippen LogP contribution in [0.25, 0.3) is 16.8 Å². The van der Waals surface area contributed by atoms with Crippen LogP contribution in [0.15, 0.2) is 54.7 Å². The predicted molar refractivity (Wildman–Crippen MR) is 121 cm³/mol. The number of rotatable bonds is 6. The van der Waals surface area contributed by atoms with Gasteiger partial charge in [-0.25, -0.2) is 8.91 Å². The van der Waals surface area contributed by atoms with Crippen molar-refractivity contribution in [2.45, 2.75) is 19.4 Å². The number of amides is 1. The maximum atomic E-state index is 15.4. The van der Waals surface area contributed by atoms with Crippen LogP contribution in [0.4, 0.5) is 10.3 Å². The third kappa shape index (κ3) is 4.51. The largest absolute Gasteiger partial charge is 0.388 e. The first-order valence-corrected chi connectivity index (χ1v) is 10.2. The molecule has 4 N–H and O–H groups in total. The van der Waals surface area contributed by atoms with Gasteiger partial charge in [-0.3, -0.25) is 4.79 Å². The second-order valence-electron chi connectivity index (χ2n) is 7.60. The molecule has 4 aromatic rings. The molecule has 0 aliphatic carbocycles.